The molecule has 3 aromatic carbocycles. The molecule has 0 saturated heterocycles. The van der Waals surface area contributed by atoms with Crippen LogP contribution in [0, 0.1) is 0 Å². The number of anilines is 1. The quantitative estimate of drug-likeness (QED) is 0.576. The Morgan fingerprint density at radius 1 is 0.969 bits per heavy atom. The molecule has 0 unspecified atom stereocenters. The summed E-state index contributed by atoms with van der Waals surface area (Å²) in [5.74, 6) is 1.26. The molecule has 3 aromatic rings. The summed E-state index contributed by atoms with van der Waals surface area (Å²) in [6.07, 6.45) is 0.633. The van der Waals surface area contributed by atoms with Crippen LogP contribution in [0.5, 0.6) is 11.5 Å². The maximum Gasteiger partial charge on any atom is 0.238 e. The van der Waals surface area contributed by atoms with Crippen LogP contribution >= 0.6 is 11.6 Å². The summed E-state index contributed by atoms with van der Waals surface area (Å²) < 4.78 is 34.1. The molecule has 0 spiro atoms. The fourth-order valence-electron chi connectivity index (χ4n) is 3.67. The lowest BCUT2D eigenvalue weighted by atomic mass is 9.98. The fourth-order valence-corrected chi connectivity index (χ4v) is 4.31. The second-order valence-corrected chi connectivity index (χ2v) is 9.27. The van der Waals surface area contributed by atoms with Gasteiger partial charge in [-0.15, -0.1) is 0 Å². The topological polar surface area (TPSA) is 94.2 Å². The Morgan fingerprint density at radius 2 is 1.62 bits per heavy atom. The Balaban J connectivity index is 1.76. The molecule has 32 heavy (non-hydrogen) atoms. The molecule has 1 atom stereocenters. The lowest BCUT2D eigenvalue weighted by Gasteiger charge is -2.24. The zero-order chi connectivity index (χ0) is 22.9. The van der Waals surface area contributed by atoms with Crippen LogP contribution in [0.25, 0.3) is 0 Å². The van der Waals surface area contributed by atoms with E-state index in [1.54, 1.807) is 26.4 Å². The summed E-state index contributed by atoms with van der Waals surface area (Å²) >= 11 is 6.05. The highest BCUT2D eigenvalue weighted by molar-refractivity contribution is 7.89. The van der Waals surface area contributed by atoms with Crippen molar-refractivity contribution in [1.82, 2.24) is 0 Å². The highest BCUT2D eigenvalue weighted by Crippen LogP contribution is 2.40. The number of nitrogens with zero attached hydrogens (tertiary/aromatic N) is 2. The molecule has 166 valence electrons. The van der Waals surface area contributed by atoms with E-state index in [9.17, 15) is 8.42 Å². The van der Waals surface area contributed by atoms with Crippen molar-refractivity contribution in [3.63, 3.8) is 0 Å². The van der Waals surface area contributed by atoms with E-state index in [0.717, 1.165) is 22.5 Å². The molecule has 1 aliphatic heterocycles. The minimum atomic E-state index is -3.78. The van der Waals surface area contributed by atoms with Crippen molar-refractivity contribution in [2.45, 2.75) is 17.4 Å². The van der Waals surface area contributed by atoms with Gasteiger partial charge in [0.05, 0.1) is 36.6 Å². The number of benzene rings is 3. The maximum atomic E-state index is 11.6. The second-order valence-electron chi connectivity index (χ2n) is 7.27. The van der Waals surface area contributed by atoms with Gasteiger partial charge in [-0.05, 0) is 59.7 Å². The van der Waals surface area contributed by atoms with E-state index in [0.29, 0.717) is 22.9 Å². The van der Waals surface area contributed by atoms with Crippen LogP contribution in [0.2, 0.25) is 5.02 Å². The van der Waals surface area contributed by atoms with Crippen molar-refractivity contribution in [3.8, 4) is 11.5 Å². The van der Waals surface area contributed by atoms with Crippen LogP contribution < -0.4 is 19.6 Å². The molecule has 9 heteroatoms. The number of hydrogen-bond donors (Lipinski definition) is 1. The van der Waals surface area contributed by atoms with Gasteiger partial charge in [0.1, 0.15) is 0 Å². The van der Waals surface area contributed by atoms with Crippen molar-refractivity contribution >= 4 is 33.0 Å². The molecule has 4 rings (SSSR count). The summed E-state index contributed by atoms with van der Waals surface area (Å²) in [4.78, 5) is 0.0463. The van der Waals surface area contributed by atoms with E-state index in [2.05, 4.69) is 0 Å². The molecule has 0 fully saturated rings. The number of nitrogens with two attached hydrogens (primary N) is 1. The number of ether oxygens (including phenoxy) is 2. The van der Waals surface area contributed by atoms with E-state index in [4.69, 9.17) is 31.3 Å². The number of halogens is 1. The van der Waals surface area contributed by atoms with E-state index in [1.807, 2.05) is 47.5 Å². The minimum absolute atomic E-state index is 0.0463. The largest absolute Gasteiger partial charge is 0.493 e. The first-order chi connectivity index (χ1) is 15.3. The lowest BCUT2D eigenvalue weighted by molar-refractivity contribution is 0.354. The predicted octanol–water partition coefficient (Wildman–Crippen LogP) is 4.36. The highest BCUT2D eigenvalue weighted by Gasteiger charge is 2.31. The van der Waals surface area contributed by atoms with Crippen molar-refractivity contribution in [2.24, 2.45) is 10.2 Å². The van der Waals surface area contributed by atoms with E-state index in [1.165, 1.54) is 12.1 Å². The van der Waals surface area contributed by atoms with Gasteiger partial charge >= 0.3 is 0 Å². The zero-order valence-corrected chi connectivity index (χ0v) is 19.1. The van der Waals surface area contributed by atoms with Crippen LogP contribution in [-0.2, 0) is 10.0 Å². The van der Waals surface area contributed by atoms with Crippen molar-refractivity contribution in [2.75, 3.05) is 19.2 Å². The Hall–Kier alpha value is -3.07. The average Bonchev–Trinajstić information content (AvgIpc) is 3.24. The van der Waals surface area contributed by atoms with Gasteiger partial charge in [0.2, 0.25) is 10.0 Å². The number of methoxy groups -OCH3 is 2. The third kappa shape index (κ3) is 4.43. The fraction of sp³-hybridized carbons (Fsp3) is 0.174. The molecule has 0 aromatic heterocycles. The van der Waals surface area contributed by atoms with E-state index >= 15 is 0 Å². The molecular weight excluding hydrogens is 450 g/mol. The number of hydrogen-bond acceptors (Lipinski definition) is 6. The molecule has 7 nitrogen and oxygen atoms in total. The standard InChI is InChI=1S/C23H22ClN3O4S/c1-30-22-12-5-16(13-23(22)31-2)21-14-20(15-3-6-17(24)7-4-15)26-27(21)18-8-10-19(11-9-18)32(25,28)29/h3-13,21H,14H2,1-2H3,(H2,25,28,29)/t21-/m0/s1. The molecule has 0 saturated carbocycles. The summed E-state index contributed by atoms with van der Waals surface area (Å²) in [6.45, 7) is 0. The zero-order valence-electron chi connectivity index (χ0n) is 17.5. The van der Waals surface area contributed by atoms with Crippen molar-refractivity contribution in [1.29, 1.82) is 0 Å². The van der Waals surface area contributed by atoms with Crippen LogP contribution in [0.4, 0.5) is 5.69 Å². The molecule has 1 heterocycles. The number of sulfonamides is 1. The van der Waals surface area contributed by atoms with Gasteiger partial charge in [-0.25, -0.2) is 13.6 Å². The average molecular weight is 472 g/mol. The lowest BCUT2D eigenvalue weighted by Crippen LogP contribution is -2.19. The number of primary sulfonamides is 1. The molecule has 2 N–H and O–H groups in total. The van der Waals surface area contributed by atoms with Gasteiger partial charge in [-0.1, -0.05) is 29.8 Å². The van der Waals surface area contributed by atoms with E-state index in [-0.39, 0.29) is 10.9 Å². The Morgan fingerprint density at radius 3 is 2.22 bits per heavy atom. The Kier molecular flexibility index (Phi) is 6.10. The Labute approximate surface area is 192 Å². The SMILES string of the molecule is COc1ccc([C@@H]2CC(c3ccc(Cl)cc3)=NN2c2ccc(S(N)(=O)=O)cc2)cc1OC. The molecule has 0 bridgehead atoms. The summed E-state index contributed by atoms with van der Waals surface area (Å²) in [7, 11) is -0.596. The van der Waals surface area contributed by atoms with Crippen LogP contribution in [0.3, 0.4) is 0 Å². The maximum absolute atomic E-state index is 11.6. The van der Waals surface area contributed by atoms with Crippen molar-refractivity contribution in [3.05, 3.63) is 82.9 Å². The summed E-state index contributed by atoms with van der Waals surface area (Å²) in [5, 5.41) is 12.6. The van der Waals surface area contributed by atoms with Crippen LogP contribution in [0.15, 0.2) is 76.7 Å². The molecule has 1 aliphatic rings. The monoisotopic (exact) mass is 471 g/mol. The smallest absolute Gasteiger partial charge is 0.238 e. The molecule has 0 radical (unpaired) electrons. The van der Waals surface area contributed by atoms with Gasteiger partial charge < -0.3 is 9.47 Å². The first kappa shape index (κ1) is 22.1. The first-order valence-corrected chi connectivity index (χ1v) is 11.7. The summed E-state index contributed by atoms with van der Waals surface area (Å²) in [6, 6.07) is 19.5. The van der Waals surface area contributed by atoms with Crippen LogP contribution in [0.1, 0.15) is 23.6 Å². The number of hydrazone groups is 1. The molecule has 0 amide bonds. The minimum Gasteiger partial charge on any atom is -0.493 e. The normalized spacial score (nSPS) is 16.1. The van der Waals surface area contributed by atoms with Crippen LogP contribution in [-0.4, -0.2) is 28.3 Å². The van der Waals surface area contributed by atoms with Gasteiger partial charge in [0.25, 0.3) is 0 Å². The Bertz CT molecular complexity index is 1260. The van der Waals surface area contributed by atoms with Gasteiger partial charge in [0.15, 0.2) is 11.5 Å². The van der Waals surface area contributed by atoms with Gasteiger partial charge in [-0.3, -0.25) is 5.01 Å². The summed E-state index contributed by atoms with van der Waals surface area (Å²) in [5.41, 5.74) is 3.56. The highest BCUT2D eigenvalue weighted by atomic mass is 35.5. The third-order valence-electron chi connectivity index (χ3n) is 5.31. The number of rotatable bonds is 6. The van der Waals surface area contributed by atoms with Gasteiger partial charge in [-0.2, -0.15) is 5.10 Å². The first-order valence-electron chi connectivity index (χ1n) is 9.77. The molecule has 0 aliphatic carbocycles. The second kappa shape index (κ2) is 8.82. The van der Waals surface area contributed by atoms with Gasteiger partial charge in [0, 0.05) is 11.4 Å². The van der Waals surface area contributed by atoms with Crippen molar-refractivity contribution < 1.29 is 17.9 Å². The van der Waals surface area contributed by atoms with E-state index < -0.39 is 10.0 Å². The third-order valence-corrected chi connectivity index (χ3v) is 6.49. The molecular formula is C23H22ClN3O4S. The predicted molar refractivity (Wildman–Crippen MR) is 125 cm³/mol.